The van der Waals surface area contributed by atoms with E-state index in [-0.39, 0.29) is 77.3 Å². The van der Waals surface area contributed by atoms with Crippen molar-refractivity contribution in [2.24, 2.45) is 29.1 Å². The van der Waals surface area contributed by atoms with E-state index in [1.807, 2.05) is 26.8 Å². The molecule has 0 amide bonds. The summed E-state index contributed by atoms with van der Waals surface area (Å²) in [6.07, 6.45) is 24.4. The number of hydrogen-bond donors (Lipinski definition) is 1. The van der Waals surface area contributed by atoms with Crippen molar-refractivity contribution in [3.8, 4) is 0 Å². The van der Waals surface area contributed by atoms with Gasteiger partial charge in [0.25, 0.3) is 10.1 Å². The van der Waals surface area contributed by atoms with Crippen LogP contribution < -0.4 is 4.90 Å². The zero-order valence-corrected chi connectivity index (χ0v) is 49.4. The topological polar surface area (TPSA) is 140 Å². The first kappa shape index (κ1) is 59.1. The first-order valence-electron chi connectivity index (χ1n) is 29.0. The van der Waals surface area contributed by atoms with E-state index in [1.54, 1.807) is 0 Å². The van der Waals surface area contributed by atoms with Crippen LogP contribution in [0.3, 0.4) is 0 Å². The summed E-state index contributed by atoms with van der Waals surface area (Å²) in [5.74, 6) is -0.152. The first-order valence-corrected chi connectivity index (χ1v) is 31.0. The van der Waals surface area contributed by atoms with Crippen molar-refractivity contribution in [3.63, 3.8) is 0 Å². The predicted molar refractivity (Wildman–Crippen MR) is 312 cm³/mol. The third-order valence-corrected chi connectivity index (χ3v) is 19.2. The maximum Gasteiger partial charge on any atom is 0.311 e. The van der Waals surface area contributed by atoms with Gasteiger partial charge >= 0.3 is 17.9 Å². The van der Waals surface area contributed by atoms with Crippen LogP contribution >= 0.6 is 11.6 Å². The Morgan fingerprint density at radius 2 is 1.65 bits per heavy atom. The summed E-state index contributed by atoms with van der Waals surface area (Å²) in [7, 11) is -4.02. The fraction of sp³-hybridized carbons (Fsp3) is 0.569. The number of carbonyl (C=O) groups is 3. The van der Waals surface area contributed by atoms with Crippen molar-refractivity contribution in [2.75, 3.05) is 23.7 Å². The normalized spacial score (nSPS) is 26.8. The van der Waals surface area contributed by atoms with Crippen LogP contribution in [0.2, 0.25) is 0 Å². The number of anilines is 1. The number of cyclic esters (lactones) is 1. The molecule has 0 unspecified atom stereocenters. The molecule has 422 valence electrons. The number of nitrogens with zero attached hydrogens (tertiary/aromatic N) is 2. The molecule has 78 heavy (non-hydrogen) atoms. The fourth-order valence-corrected chi connectivity index (χ4v) is 13.9. The maximum atomic E-state index is 13.4. The third-order valence-electron chi connectivity index (χ3n) is 17.9. The van der Waals surface area contributed by atoms with E-state index in [0.29, 0.717) is 51.0 Å². The Hall–Kier alpha value is -5.04. The van der Waals surface area contributed by atoms with Gasteiger partial charge in [0.2, 0.25) is 5.69 Å². The van der Waals surface area contributed by atoms with Gasteiger partial charge in [0, 0.05) is 71.3 Å². The highest BCUT2D eigenvalue weighted by Gasteiger charge is 2.46. The molecule has 0 saturated carbocycles. The van der Waals surface area contributed by atoms with E-state index in [1.165, 1.54) is 28.1 Å². The van der Waals surface area contributed by atoms with Gasteiger partial charge in [0.1, 0.15) is 24.9 Å². The number of para-hydroxylation sites is 2. The molecular formula is C65H86ClN2O9S+. The zero-order chi connectivity index (χ0) is 56.2. The van der Waals surface area contributed by atoms with Crippen molar-refractivity contribution in [1.29, 1.82) is 0 Å². The lowest BCUT2D eigenvalue weighted by molar-refractivity contribution is -0.438. The Labute approximate surface area is 470 Å². The van der Waals surface area contributed by atoms with E-state index in [0.717, 1.165) is 79.1 Å². The number of esters is 3. The fourth-order valence-electron chi connectivity index (χ4n) is 13.0. The van der Waals surface area contributed by atoms with Gasteiger partial charge in [-0.2, -0.15) is 13.0 Å². The Morgan fingerprint density at radius 1 is 0.910 bits per heavy atom. The summed E-state index contributed by atoms with van der Waals surface area (Å²) in [5.41, 5.74) is 9.46. The highest BCUT2D eigenvalue weighted by molar-refractivity contribution is 7.85. The Balaban J connectivity index is 0.871. The molecule has 13 heteroatoms. The number of fused-ring (bicyclic) bond motifs is 3. The number of unbranched alkanes of at least 4 members (excludes halogenated alkanes) is 3. The Kier molecular flexibility index (Phi) is 18.8. The van der Waals surface area contributed by atoms with E-state index in [9.17, 15) is 27.4 Å². The zero-order valence-electron chi connectivity index (χ0n) is 47.8. The minimum Gasteiger partial charge on any atom is -0.462 e. The molecule has 3 aliphatic heterocycles. The summed E-state index contributed by atoms with van der Waals surface area (Å²) in [4.78, 5) is 42.1. The van der Waals surface area contributed by atoms with Crippen LogP contribution in [0, 0.1) is 29.1 Å². The molecule has 0 aromatic heterocycles. The number of ether oxygens (including phenoxy) is 3. The quantitative estimate of drug-likeness (QED) is 0.0422. The van der Waals surface area contributed by atoms with E-state index < -0.39 is 21.6 Å². The Bertz CT molecular complexity index is 2920. The summed E-state index contributed by atoms with van der Waals surface area (Å²) < 4.78 is 52.8. The third kappa shape index (κ3) is 13.6. The summed E-state index contributed by atoms with van der Waals surface area (Å²) in [6.45, 7) is 20.7. The van der Waals surface area contributed by atoms with E-state index in [4.69, 9.17) is 25.8 Å². The molecule has 0 spiro atoms. The van der Waals surface area contributed by atoms with Crippen LogP contribution in [-0.2, 0) is 49.5 Å². The van der Waals surface area contributed by atoms with Crippen molar-refractivity contribution in [3.05, 3.63) is 130 Å². The number of carbonyl (C=O) groups excluding carboxylic acids is 3. The molecular weight excluding hydrogens is 1020 g/mol. The molecule has 2 aromatic rings. The van der Waals surface area contributed by atoms with Crippen LogP contribution in [-0.4, -0.2) is 78.3 Å². The molecule has 1 fully saturated rings. The van der Waals surface area contributed by atoms with Gasteiger partial charge in [0.05, 0.1) is 23.0 Å². The van der Waals surface area contributed by atoms with Crippen LogP contribution in [0.4, 0.5) is 11.4 Å². The average Bonchev–Trinajstić information content (AvgIpc) is 3.98. The van der Waals surface area contributed by atoms with Crippen LogP contribution in [0.25, 0.3) is 0 Å². The van der Waals surface area contributed by atoms with E-state index in [2.05, 4.69) is 136 Å². The summed E-state index contributed by atoms with van der Waals surface area (Å²) >= 11 is 7.32. The molecule has 3 heterocycles. The first-order chi connectivity index (χ1) is 37.0. The standard InChI is InChI=1S/C65H85ClN2O9S/c1-10-63(4,5)62(71)77-55-40-43(2)39-47-29-28-44(3)50(60(47)55)33-32-48-41-49(42-59(70)75-48)76-58(69)27-12-11-17-36-67-53-25-15-13-23-51(53)64(6,7)56(67)34-30-45-21-20-22-46(61(45)66)31-35-57-65(8,9)52-24-14-16-26-54(52)68(57)37-18-19-38-78(72,73)74/h13-16,23-26,28-31,34-35,39,43-44,48-50,55,60H,10-12,17-22,27,32-33,36-38,40-42H2,1-9H3/p+1/t43-,44-,48+,49+,50-,55-,60-/m0/s1. The molecule has 1 N–H and O–H groups in total. The molecule has 2 aromatic carbocycles. The molecule has 11 nitrogen and oxygen atoms in total. The molecule has 6 aliphatic rings. The second-order valence-corrected chi connectivity index (χ2v) is 26.7. The minimum absolute atomic E-state index is 0.0651. The number of allylic oxidation sites excluding steroid dienone is 11. The monoisotopic (exact) mass is 1110 g/mol. The summed E-state index contributed by atoms with van der Waals surface area (Å²) in [5, 5.41) is 0.776. The van der Waals surface area contributed by atoms with Gasteiger partial charge in [-0.1, -0.05) is 119 Å². The molecule has 1 saturated heterocycles. The van der Waals surface area contributed by atoms with Crippen molar-refractivity contribution in [2.45, 2.75) is 188 Å². The van der Waals surface area contributed by atoms with Crippen LogP contribution in [0.5, 0.6) is 0 Å². The smallest absolute Gasteiger partial charge is 0.311 e. The SMILES string of the molecule is CCC(C)(C)C(=O)O[C@H]1C[C@@H](C)C=C2C=C[C@H](C)[C@H](CC[C@@H]3C[C@@H](OC(=O)CCCCCN4/C(=C/C=C5\CCCC(/C=C/C6=[N+](CCCCS(=O)(=O)O)c7ccccc7C6(C)C)=C5Cl)C(C)(C)c5ccccc54)CC(=O)O3)[C@H]21. The lowest BCUT2D eigenvalue weighted by Gasteiger charge is -2.44. The highest BCUT2D eigenvalue weighted by atomic mass is 35.5. The van der Waals surface area contributed by atoms with Gasteiger partial charge in [0.15, 0.2) is 5.71 Å². The van der Waals surface area contributed by atoms with Gasteiger partial charge < -0.3 is 19.1 Å². The van der Waals surface area contributed by atoms with Gasteiger partial charge in [-0.3, -0.25) is 18.9 Å². The van der Waals surface area contributed by atoms with E-state index >= 15 is 0 Å². The van der Waals surface area contributed by atoms with Crippen molar-refractivity contribution in [1.82, 2.24) is 0 Å². The van der Waals surface area contributed by atoms with Crippen molar-refractivity contribution >= 4 is 56.7 Å². The van der Waals surface area contributed by atoms with Crippen LogP contribution in [0.1, 0.15) is 170 Å². The van der Waals surface area contributed by atoms with Gasteiger partial charge in [-0.25, -0.2) is 0 Å². The second-order valence-electron chi connectivity index (χ2n) is 24.8. The minimum atomic E-state index is -4.02. The molecule has 0 bridgehead atoms. The highest BCUT2D eigenvalue weighted by Crippen LogP contribution is 2.49. The molecule has 3 aliphatic carbocycles. The van der Waals surface area contributed by atoms with Crippen molar-refractivity contribution < 1.29 is 46.1 Å². The number of rotatable bonds is 21. The Morgan fingerprint density at radius 3 is 2.41 bits per heavy atom. The average molecular weight is 1110 g/mol. The molecule has 7 atom stereocenters. The van der Waals surface area contributed by atoms with Gasteiger partial charge in [-0.15, -0.1) is 0 Å². The maximum absolute atomic E-state index is 13.4. The lowest BCUT2D eigenvalue weighted by Crippen LogP contribution is -2.43. The lowest BCUT2D eigenvalue weighted by atomic mass is 9.65. The molecule has 0 radical (unpaired) electrons. The predicted octanol–water partition coefficient (Wildman–Crippen LogP) is 14.3. The largest absolute Gasteiger partial charge is 0.462 e. The second kappa shape index (κ2) is 24.8. The van der Waals surface area contributed by atoms with Crippen LogP contribution in [0.15, 0.2) is 119 Å². The summed E-state index contributed by atoms with van der Waals surface area (Å²) in [6, 6.07) is 17.0. The number of halogens is 1. The van der Waals surface area contributed by atoms with Gasteiger partial charge in [-0.05, 0) is 144 Å². The number of benzene rings is 2. The number of hydrogen-bond acceptors (Lipinski definition) is 9. The molecule has 8 rings (SSSR count).